The summed E-state index contributed by atoms with van der Waals surface area (Å²) in [5.41, 5.74) is 7.98. The number of hydrogen-bond acceptors (Lipinski definition) is 3. The molecule has 4 nitrogen and oxygen atoms in total. The number of fused-ring (bicyclic) bond motifs is 1. The van der Waals surface area contributed by atoms with Crippen LogP contribution in [0.5, 0.6) is 0 Å². The highest BCUT2D eigenvalue weighted by molar-refractivity contribution is 5.82. The number of aryl methyl sites for hydroxylation is 2. The molecule has 0 aliphatic rings. The molecule has 3 N–H and O–H groups in total. The van der Waals surface area contributed by atoms with Gasteiger partial charge < -0.3 is 5.73 Å². The molecule has 2 aromatic rings. The maximum atomic E-state index is 11.5. The Morgan fingerprint density at radius 3 is 2.79 bits per heavy atom. The predicted molar refractivity (Wildman–Crippen MR) is 56.3 cm³/mol. The topological polar surface area (TPSA) is 71.8 Å². The molecule has 1 aromatic heterocycles. The Hall–Kier alpha value is -1.84. The van der Waals surface area contributed by atoms with Crippen LogP contribution in [0.4, 0.5) is 5.95 Å². The van der Waals surface area contributed by atoms with Crippen molar-refractivity contribution in [3.63, 3.8) is 0 Å². The largest absolute Gasteiger partial charge is 0.369 e. The summed E-state index contributed by atoms with van der Waals surface area (Å²) >= 11 is 0. The number of H-pyrrole nitrogens is 1. The second-order valence-electron chi connectivity index (χ2n) is 3.43. The van der Waals surface area contributed by atoms with Crippen LogP contribution in [-0.4, -0.2) is 9.97 Å². The van der Waals surface area contributed by atoms with E-state index in [-0.39, 0.29) is 11.5 Å². The zero-order valence-corrected chi connectivity index (χ0v) is 8.09. The lowest BCUT2D eigenvalue weighted by atomic mass is 10.1. The van der Waals surface area contributed by atoms with Crippen LogP contribution in [-0.2, 0) is 0 Å². The molecule has 0 amide bonds. The second-order valence-corrected chi connectivity index (χ2v) is 3.43. The van der Waals surface area contributed by atoms with Crippen molar-refractivity contribution in [2.45, 2.75) is 13.8 Å². The zero-order valence-electron chi connectivity index (χ0n) is 8.09. The number of nitrogens with zero attached hydrogens (tertiary/aromatic N) is 1. The van der Waals surface area contributed by atoms with Gasteiger partial charge in [0, 0.05) is 0 Å². The van der Waals surface area contributed by atoms with Crippen LogP contribution in [0.3, 0.4) is 0 Å². The predicted octanol–water partition coefficient (Wildman–Crippen LogP) is 1.12. The lowest BCUT2D eigenvalue weighted by Crippen LogP contribution is -2.11. The molecule has 0 atom stereocenters. The molecule has 0 fully saturated rings. The van der Waals surface area contributed by atoms with Crippen LogP contribution in [0, 0.1) is 13.8 Å². The number of aromatic amines is 1. The second kappa shape index (κ2) is 2.83. The van der Waals surface area contributed by atoms with Crippen molar-refractivity contribution >= 4 is 16.9 Å². The first-order valence-corrected chi connectivity index (χ1v) is 4.34. The highest BCUT2D eigenvalue weighted by atomic mass is 16.1. The van der Waals surface area contributed by atoms with Crippen molar-refractivity contribution in [1.29, 1.82) is 0 Å². The summed E-state index contributed by atoms with van der Waals surface area (Å²) < 4.78 is 0. The average Bonchev–Trinajstić information content (AvgIpc) is 2.07. The molecule has 0 spiro atoms. The first-order valence-electron chi connectivity index (χ1n) is 4.34. The van der Waals surface area contributed by atoms with Crippen LogP contribution in [0.2, 0.25) is 0 Å². The smallest absolute Gasteiger partial charge is 0.260 e. The maximum absolute atomic E-state index is 11.5. The summed E-state index contributed by atoms with van der Waals surface area (Å²) in [6.07, 6.45) is 0. The third kappa shape index (κ3) is 1.25. The molecule has 2 rings (SSSR count). The monoisotopic (exact) mass is 189 g/mol. The quantitative estimate of drug-likeness (QED) is 0.652. The van der Waals surface area contributed by atoms with E-state index in [1.165, 1.54) is 0 Å². The van der Waals surface area contributed by atoms with E-state index in [1.54, 1.807) is 0 Å². The molecule has 0 bridgehead atoms. The van der Waals surface area contributed by atoms with E-state index in [0.29, 0.717) is 10.9 Å². The normalized spacial score (nSPS) is 10.7. The Morgan fingerprint density at radius 2 is 2.07 bits per heavy atom. The molecule has 0 unspecified atom stereocenters. The van der Waals surface area contributed by atoms with Crippen molar-refractivity contribution in [2.24, 2.45) is 0 Å². The summed E-state index contributed by atoms with van der Waals surface area (Å²) in [5.74, 6) is 0.162. The van der Waals surface area contributed by atoms with Crippen molar-refractivity contribution in [3.8, 4) is 0 Å². The first-order chi connectivity index (χ1) is 6.58. The molecule has 1 aromatic carbocycles. The highest BCUT2D eigenvalue weighted by Crippen LogP contribution is 2.15. The standard InChI is InChI=1S/C10H11N3O/c1-5-3-6(2)8-7(4-5)9(14)13-10(11)12-8/h3-4H,1-2H3,(H3,11,12,13,14). The number of nitrogens with two attached hydrogens (primary N) is 1. The van der Waals surface area contributed by atoms with Crippen LogP contribution in [0.1, 0.15) is 11.1 Å². The van der Waals surface area contributed by atoms with Crippen LogP contribution in [0.15, 0.2) is 16.9 Å². The minimum Gasteiger partial charge on any atom is -0.369 e. The molecule has 0 saturated carbocycles. The molecule has 0 aliphatic heterocycles. The average molecular weight is 189 g/mol. The van der Waals surface area contributed by atoms with Gasteiger partial charge in [-0.2, -0.15) is 0 Å². The Balaban J connectivity index is 3.02. The van der Waals surface area contributed by atoms with Crippen molar-refractivity contribution in [1.82, 2.24) is 9.97 Å². The Labute approximate surface area is 80.8 Å². The fourth-order valence-corrected chi connectivity index (χ4v) is 1.61. The van der Waals surface area contributed by atoms with Gasteiger partial charge in [0.25, 0.3) is 5.56 Å². The van der Waals surface area contributed by atoms with E-state index in [4.69, 9.17) is 5.73 Å². The molecule has 0 radical (unpaired) electrons. The summed E-state index contributed by atoms with van der Waals surface area (Å²) in [6, 6.07) is 3.79. The Bertz CT molecular complexity index is 557. The van der Waals surface area contributed by atoms with E-state index in [0.717, 1.165) is 11.1 Å². The third-order valence-corrected chi connectivity index (χ3v) is 2.16. The number of benzene rings is 1. The van der Waals surface area contributed by atoms with Gasteiger partial charge in [-0.1, -0.05) is 6.07 Å². The molecule has 14 heavy (non-hydrogen) atoms. The minimum absolute atomic E-state index is 0.162. The third-order valence-electron chi connectivity index (χ3n) is 2.16. The van der Waals surface area contributed by atoms with Gasteiger partial charge in [0.05, 0.1) is 10.9 Å². The van der Waals surface area contributed by atoms with Crippen molar-refractivity contribution in [3.05, 3.63) is 33.6 Å². The van der Waals surface area contributed by atoms with Crippen LogP contribution >= 0.6 is 0 Å². The number of nitrogen functional groups attached to an aromatic ring is 1. The van der Waals surface area contributed by atoms with Gasteiger partial charge in [-0.05, 0) is 31.0 Å². The number of hydrogen-bond donors (Lipinski definition) is 2. The molecule has 1 heterocycles. The van der Waals surface area contributed by atoms with Gasteiger partial charge in [-0.25, -0.2) is 4.98 Å². The first kappa shape index (κ1) is 8.74. The maximum Gasteiger partial charge on any atom is 0.260 e. The summed E-state index contributed by atoms with van der Waals surface area (Å²) in [5, 5.41) is 0.594. The van der Waals surface area contributed by atoms with Gasteiger partial charge in [0.2, 0.25) is 5.95 Å². The van der Waals surface area contributed by atoms with E-state index in [2.05, 4.69) is 9.97 Å². The van der Waals surface area contributed by atoms with Crippen molar-refractivity contribution in [2.75, 3.05) is 5.73 Å². The van der Waals surface area contributed by atoms with Gasteiger partial charge in [-0.3, -0.25) is 9.78 Å². The van der Waals surface area contributed by atoms with E-state index in [9.17, 15) is 4.79 Å². The fraction of sp³-hybridized carbons (Fsp3) is 0.200. The molecular weight excluding hydrogens is 178 g/mol. The van der Waals surface area contributed by atoms with Gasteiger partial charge in [0.1, 0.15) is 0 Å². The number of anilines is 1. The summed E-state index contributed by atoms with van der Waals surface area (Å²) in [6.45, 7) is 3.86. The number of nitrogens with one attached hydrogen (secondary N) is 1. The molecular formula is C10H11N3O. The van der Waals surface area contributed by atoms with E-state index < -0.39 is 0 Å². The highest BCUT2D eigenvalue weighted by Gasteiger charge is 2.04. The molecule has 72 valence electrons. The lowest BCUT2D eigenvalue weighted by Gasteiger charge is -2.03. The van der Waals surface area contributed by atoms with Gasteiger partial charge in [-0.15, -0.1) is 0 Å². The summed E-state index contributed by atoms with van der Waals surface area (Å²) in [4.78, 5) is 18.1. The van der Waals surface area contributed by atoms with Crippen LogP contribution < -0.4 is 11.3 Å². The van der Waals surface area contributed by atoms with E-state index >= 15 is 0 Å². The summed E-state index contributed by atoms with van der Waals surface area (Å²) in [7, 11) is 0. The lowest BCUT2D eigenvalue weighted by molar-refractivity contribution is 1.18. The minimum atomic E-state index is -0.181. The zero-order chi connectivity index (χ0) is 10.3. The van der Waals surface area contributed by atoms with Crippen molar-refractivity contribution < 1.29 is 0 Å². The van der Waals surface area contributed by atoms with Gasteiger partial charge in [0.15, 0.2) is 0 Å². The Kier molecular flexibility index (Phi) is 1.77. The van der Waals surface area contributed by atoms with Gasteiger partial charge >= 0.3 is 0 Å². The molecule has 0 saturated heterocycles. The number of rotatable bonds is 0. The fourth-order valence-electron chi connectivity index (χ4n) is 1.61. The molecule has 4 heteroatoms. The molecule has 0 aliphatic carbocycles. The SMILES string of the molecule is Cc1cc(C)c2nc(N)[nH]c(=O)c2c1. The number of aromatic nitrogens is 2. The van der Waals surface area contributed by atoms with E-state index in [1.807, 2.05) is 26.0 Å². The Morgan fingerprint density at radius 1 is 1.36 bits per heavy atom. The van der Waals surface area contributed by atoms with Crippen LogP contribution in [0.25, 0.3) is 10.9 Å².